The largest absolute Gasteiger partial charge is 0.478 e. The van der Waals surface area contributed by atoms with Crippen LogP contribution in [-0.4, -0.2) is 25.5 Å². The molecule has 114 valence electrons. The van der Waals surface area contributed by atoms with Crippen LogP contribution in [-0.2, 0) is 10.0 Å². The molecule has 0 aliphatic rings. The molecule has 0 fully saturated rings. The van der Waals surface area contributed by atoms with Crippen molar-refractivity contribution in [2.24, 2.45) is 0 Å². The smallest absolute Gasteiger partial charge is 0.272 e. The van der Waals surface area contributed by atoms with E-state index in [0.717, 1.165) is 11.3 Å². The Morgan fingerprint density at radius 3 is 2.41 bits per heavy atom. The average Bonchev–Trinajstić information content (AvgIpc) is 2.93. The van der Waals surface area contributed by atoms with E-state index in [1.807, 2.05) is 6.07 Å². The SMILES string of the molecule is COc1nc2ccccc2nc1NS(=O)(=O)c1ccc(Cl)s1. The predicted octanol–water partition coefficient (Wildman–Crippen LogP) is 3.15. The monoisotopic (exact) mass is 355 g/mol. The lowest BCUT2D eigenvalue weighted by Crippen LogP contribution is -2.14. The number of sulfonamides is 1. The van der Waals surface area contributed by atoms with Gasteiger partial charge in [0, 0.05) is 0 Å². The fraction of sp³-hybridized carbons (Fsp3) is 0.0769. The first-order valence-electron chi connectivity index (χ1n) is 6.08. The van der Waals surface area contributed by atoms with Crippen LogP contribution in [0, 0.1) is 0 Å². The molecule has 3 rings (SSSR count). The zero-order chi connectivity index (χ0) is 15.7. The van der Waals surface area contributed by atoms with Gasteiger partial charge in [-0.3, -0.25) is 4.72 Å². The van der Waals surface area contributed by atoms with Crippen LogP contribution in [0.15, 0.2) is 40.6 Å². The number of para-hydroxylation sites is 2. The van der Waals surface area contributed by atoms with Crippen LogP contribution in [0.3, 0.4) is 0 Å². The van der Waals surface area contributed by atoms with Crippen LogP contribution in [0.1, 0.15) is 0 Å². The van der Waals surface area contributed by atoms with Gasteiger partial charge in [0.05, 0.1) is 22.5 Å². The highest BCUT2D eigenvalue weighted by molar-refractivity contribution is 7.94. The second-order valence-electron chi connectivity index (χ2n) is 4.23. The van der Waals surface area contributed by atoms with Gasteiger partial charge in [0.25, 0.3) is 15.9 Å². The summed E-state index contributed by atoms with van der Waals surface area (Å²) in [5, 5.41) is 0. The van der Waals surface area contributed by atoms with Crippen LogP contribution in [0.4, 0.5) is 5.82 Å². The Hall–Kier alpha value is -1.90. The maximum Gasteiger partial charge on any atom is 0.272 e. The van der Waals surface area contributed by atoms with E-state index in [1.54, 1.807) is 18.2 Å². The summed E-state index contributed by atoms with van der Waals surface area (Å²) in [5.41, 5.74) is 1.17. The molecule has 0 amide bonds. The van der Waals surface area contributed by atoms with Crippen molar-refractivity contribution in [2.45, 2.75) is 4.21 Å². The number of hydrogen-bond donors (Lipinski definition) is 1. The Balaban J connectivity index is 2.06. The maximum absolute atomic E-state index is 12.3. The van der Waals surface area contributed by atoms with Gasteiger partial charge in [0.2, 0.25) is 5.82 Å². The zero-order valence-corrected chi connectivity index (χ0v) is 13.7. The fourth-order valence-corrected chi connectivity index (χ4v) is 4.29. The van der Waals surface area contributed by atoms with Crippen LogP contribution >= 0.6 is 22.9 Å². The third-order valence-corrected chi connectivity index (χ3v) is 5.84. The number of ether oxygens (including phenoxy) is 1. The van der Waals surface area contributed by atoms with Crippen LogP contribution < -0.4 is 9.46 Å². The molecule has 22 heavy (non-hydrogen) atoms. The van der Waals surface area contributed by atoms with Crippen molar-refractivity contribution in [2.75, 3.05) is 11.8 Å². The first-order chi connectivity index (χ1) is 10.5. The first-order valence-corrected chi connectivity index (χ1v) is 8.76. The summed E-state index contributed by atoms with van der Waals surface area (Å²) in [6, 6.07) is 10.1. The number of fused-ring (bicyclic) bond motifs is 1. The van der Waals surface area contributed by atoms with E-state index in [0.29, 0.717) is 15.4 Å². The Bertz CT molecular complexity index is 941. The summed E-state index contributed by atoms with van der Waals surface area (Å²) in [6.07, 6.45) is 0. The molecular weight excluding hydrogens is 346 g/mol. The van der Waals surface area contributed by atoms with Gasteiger partial charge in [-0.05, 0) is 24.3 Å². The van der Waals surface area contributed by atoms with E-state index < -0.39 is 10.0 Å². The lowest BCUT2D eigenvalue weighted by atomic mass is 10.3. The molecular formula is C13H10ClN3O3S2. The molecule has 0 atom stereocenters. The van der Waals surface area contributed by atoms with E-state index >= 15 is 0 Å². The number of thiophene rings is 1. The van der Waals surface area contributed by atoms with Crippen LogP contribution in [0.5, 0.6) is 5.88 Å². The Morgan fingerprint density at radius 1 is 1.14 bits per heavy atom. The molecule has 9 heteroatoms. The van der Waals surface area contributed by atoms with Gasteiger partial charge >= 0.3 is 0 Å². The van der Waals surface area contributed by atoms with Crippen molar-refractivity contribution in [1.82, 2.24) is 9.97 Å². The van der Waals surface area contributed by atoms with Gasteiger partial charge in [-0.25, -0.2) is 18.4 Å². The lowest BCUT2D eigenvalue weighted by Gasteiger charge is -2.10. The van der Waals surface area contributed by atoms with Crippen molar-refractivity contribution in [3.8, 4) is 5.88 Å². The van der Waals surface area contributed by atoms with Crippen LogP contribution in [0.25, 0.3) is 11.0 Å². The van der Waals surface area contributed by atoms with Crippen molar-refractivity contribution < 1.29 is 13.2 Å². The van der Waals surface area contributed by atoms with E-state index in [9.17, 15) is 8.42 Å². The first kappa shape index (κ1) is 15.0. The number of rotatable bonds is 4. The van der Waals surface area contributed by atoms with E-state index in [4.69, 9.17) is 16.3 Å². The number of nitrogens with zero attached hydrogens (tertiary/aromatic N) is 2. The number of methoxy groups -OCH3 is 1. The molecule has 3 aromatic rings. The molecule has 0 aliphatic heterocycles. The second-order valence-corrected chi connectivity index (χ2v) is 7.86. The molecule has 2 heterocycles. The Kier molecular flexibility index (Phi) is 3.90. The minimum Gasteiger partial charge on any atom is -0.478 e. The number of aromatic nitrogens is 2. The highest BCUT2D eigenvalue weighted by Crippen LogP contribution is 2.29. The fourth-order valence-electron chi connectivity index (χ4n) is 1.81. The van der Waals surface area contributed by atoms with Crippen molar-refractivity contribution >= 4 is 49.8 Å². The molecule has 6 nitrogen and oxygen atoms in total. The molecule has 0 aliphatic carbocycles. The minimum absolute atomic E-state index is 0.0331. The molecule has 2 aromatic heterocycles. The topological polar surface area (TPSA) is 81.2 Å². The minimum atomic E-state index is -3.79. The lowest BCUT2D eigenvalue weighted by molar-refractivity contribution is 0.400. The van der Waals surface area contributed by atoms with Crippen molar-refractivity contribution in [1.29, 1.82) is 0 Å². The summed E-state index contributed by atoms with van der Waals surface area (Å²) in [6.45, 7) is 0. The van der Waals surface area contributed by atoms with Gasteiger partial charge in [-0.2, -0.15) is 0 Å². The summed E-state index contributed by atoms with van der Waals surface area (Å²) in [4.78, 5) is 8.50. The standard InChI is InChI=1S/C13H10ClN3O3S2/c1-20-13-12(15-8-4-2-3-5-9(8)16-13)17-22(18,19)11-7-6-10(14)21-11/h2-7H,1H3,(H,15,17). The summed E-state index contributed by atoms with van der Waals surface area (Å²) >= 11 is 6.74. The van der Waals surface area contributed by atoms with Crippen LogP contribution in [0.2, 0.25) is 4.34 Å². The maximum atomic E-state index is 12.3. The predicted molar refractivity (Wildman–Crippen MR) is 86.2 cm³/mol. The number of benzene rings is 1. The molecule has 0 saturated heterocycles. The number of nitrogens with one attached hydrogen (secondary N) is 1. The Labute approximate surface area is 135 Å². The highest BCUT2D eigenvalue weighted by Gasteiger charge is 2.20. The molecule has 0 bridgehead atoms. The van der Waals surface area contributed by atoms with Crippen molar-refractivity contribution in [3.05, 3.63) is 40.7 Å². The molecule has 0 unspecified atom stereocenters. The Morgan fingerprint density at radius 2 is 1.82 bits per heavy atom. The van der Waals surface area contributed by atoms with Gasteiger partial charge < -0.3 is 4.74 Å². The summed E-state index contributed by atoms with van der Waals surface area (Å²) < 4.78 is 32.7. The quantitative estimate of drug-likeness (QED) is 0.777. The van der Waals surface area contributed by atoms with E-state index in [2.05, 4.69) is 14.7 Å². The van der Waals surface area contributed by atoms with Gasteiger partial charge in [0.15, 0.2) is 0 Å². The zero-order valence-electron chi connectivity index (χ0n) is 11.3. The third-order valence-electron chi connectivity index (χ3n) is 2.78. The molecule has 1 aromatic carbocycles. The molecule has 0 radical (unpaired) electrons. The molecule has 0 saturated carbocycles. The van der Waals surface area contributed by atoms with Gasteiger partial charge in [-0.1, -0.05) is 23.7 Å². The number of halogens is 1. The van der Waals surface area contributed by atoms with Gasteiger partial charge in [0.1, 0.15) is 4.21 Å². The summed E-state index contributed by atoms with van der Waals surface area (Å²) in [5.74, 6) is 0.135. The normalized spacial score (nSPS) is 11.5. The third kappa shape index (κ3) is 2.85. The molecule has 1 N–H and O–H groups in total. The number of anilines is 1. The second kappa shape index (κ2) is 5.71. The van der Waals surface area contributed by atoms with Gasteiger partial charge in [-0.15, -0.1) is 11.3 Å². The van der Waals surface area contributed by atoms with E-state index in [-0.39, 0.29) is 15.9 Å². The van der Waals surface area contributed by atoms with E-state index in [1.165, 1.54) is 19.2 Å². The molecule has 0 spiro atoms. The highest BCUT2D eigenvalue weighted by atomic mass is 35.5. The van der Waals surface area contributed by atoms with Crippen molar-refractivity contribution in [3.63, 3.8) is 0 Å². The number of hydrogen-bond acceptors (Lipinski definition) is 6. The average molecular weight is 356 g/mol. The summed E-state index contributed by atoms with van der Waals surface area (Å²) in [7, 11) is -2.39.